The van der Waals surface area contributed by atoms with Gasteiger partial charge in [0.15, 0.2) is 5.49 Å². The number of hydrogen-bond acceptors (Lipinski definition) is 6. The number of nitro benzene ring substituents is 1. The Morgan fingerprint density at radius 2 is 2.00 bits per heavy atom. The number of nitro groups is 1. The maximum absolute atomic E-state index is 13.3. The van der Waals surface area contributed by atoms with Crippen LogP contribution in [0, 0.1) is 10.1 Å². The molecule has 1 aromatic heterocycles. The molecule has 1 amide bonds. The maximum atomic E-state index is 13.3. The van der Waals surface area contributed by atoms with Crippen LogP contribution >= 0.6 is 0 Å². The lowest BCUT2D eigenvalue weighted by Gasteiger charge is -2.21. The second-order valence-electron chi connectivity index (χ2n) is 10.3. The van der Waals surface area contributed by atoms with Gasteiger partial charge in [-0.15, -0.1) is 0 Å². The summed E-state index contributed by atoms with van der Waals surface area (Å²) < 4.78 is 15.3. The Morgan fingerprint density at radius 1 is 1.29 bits per heavy atom. The number of amides is 1. The highest BCUT2D eigenvalue weighted by Gasteiger charge is 2.25. The monoisotopic (exact) mass is 474 g/mol. The van der Waals surface area contributed by atoms with Crippen LogP contribution in [0.4, 0.5) is 5.69 Å². The summed E-state index contributed by atoms with van der Waals surface area (Å²) in [6, 6.07) is 5.64. The van der Waals surface area contributed by atoms with Crippen molar-refractivity contribution in [3.8, 4) is 5.75 Å². The van der Waals surface area contributed by atoms with Crippen molar-refractivity contribution in [1.29, 1.82) is 0 Å². The molecule has 0 aliphatic carbocycles. The number of benzene rings is 1. The molecule has 34 heavy (non-hydrogen) atoms. The van der Waals surface area contributed by atoms with Gasteiger partial charge in [0.2, 0.25) is 0 Å². The number of carbonyl (C=O) groups excluding carboxylic acids is 1. The zero-order chi connectivity index (χ0) is 25.3. The quantitative estimate of drug-likeness (QED) is 0.486. The smallest absolute Gasteiger partial charge is 0.283 e. The zero-order valence-corrected chi connectivity index (χ0v) is 20.7. The summed E-state index contributed by atoms with van der Waals surface area (Å²) >= 11 is 0. The largest absolute Gasteiger partial charge is 0.490 e. The van der Waals surface area contributed by atoms with E-state index in [-0.39, 0.29) is 35.1 Å². The van der Waals surface area contributed by atoms with Crippen molar-refractivity contribution >= 4 is 11.6 Å². The van der Waals surface area contributed by atoms with Crippen molar-refractivity contribution < 1.29 is 24.3 Å². The summed E-state index contributed by atoms with van der Waals surface area (Å²) in [7, 11) is 1.92. The van der Waals surface area contributed by atoms with Gasteiger partial charge in [0.05, 0.1) is 28.7 Å². The fourth-order valence-corrected chi connectivity index (χ4v) is 3.91. The maximum Gasteiger partial charge on any atom is 0.283 e. The Balaban J connectivity index is 2.09. The number of non-ortho nitro benzene ring substituents is 1. The first-order chi connectivity index (χ1) is 15.8. The van der Waals surface area contributed by atoms with E-state index in [0.717, 1.165) is 24.6 Å². The molecule has 10 nitrogen and oxygen atoms in total. The molecular formula is C24H34N4O6. The lowest BCUT2D eigenvalue weighted by atomic mass is 9.92. The van der Waals surface area contributed by atoms with Crippen LogP contribution in [-0.4, -0.2) is 50.2 Å². The molecule has 3 rings (SSSR count). The van der Waals surface area contributed by atoms with E-state index in [1.807, 2.05) is 22.5 Å². The molecule has 1 aliphatic heterocycles. The Labute approximate surface area is 199 Å². The predicted octanol–water partition coefficient (Wildman–Crippen LogP) is 3.10. The van der Waals surface area contributed by atoms with Crippen LogP contribution in [0.25, 0.3) is 0 Å². The number of aliphatic hydroxyl groups is 1. The van der Waals surface area contributed by atoms with Gasteiger partial charge in [-0.2, -0.15) is 4.99 Å². The zero-order valence-electron chi connectivity index (χ0n) is 20.7. The summed E-state index contributed by atoms with van der Waals surface area (Å²) in [6.07, 6.45) is 1.94. The molecule has 1 saturated heterocycles. The lowest BCUT2D eigenvalue weighted by molar-refractivity contribution is -0.384. The molecule has 1 aliphatic rings. The molecule has 2 aromatic rings. The van der Waals surface area contributed by atoms with Crippen LogP contribution < -0.4 is 10.2 Å². The molecular weight excluding hydrogens is 440 g/mol. The number of nitrogens with zero attached hydrogens (tertiary/aromatic N) is 4. The molecule has 0 spiro atoms. The molecule has 1 atom stereocenters. The Morgan fingerprint density at radius 3 is 2.56 bits per heavy atom. The first-order valence-corrected chi connectivity index (χ1v) is 11.4. The molecule has 1 aromatic carbocycles. The van der Waals surface area contributed by atoms with Gasteiger partial charge in [0.1, 0.15) is 12.4 Å². The van der Waals surface area contributed by atoms with E-state index < -0.39 is 16.4 Å². The lowest BCUT2D eigenvalue weighted by Crippen LogP contribution is -2.30. The van der Waals surface area contributed by atoms with Gasteiger partial charge in [-0.1, -0.05) is 20.8 Å². The number of hydrogen-bond donors (Lipinski definition) is 1. The summed E-state index contributed by atoms with van der Waals surface area (Å²) in [4.78, 5) is 28.4. The standard InChI is InChI=1S/C24H34N4O6/c1-23(2,3)20-13-21(27(26(20)6)14-17-8-7-11-33-17)25-22(29)18-12-16(28(31)32)9-10-19(18)34-15-24(4,5)30/h9-10,12-13,17,30H,7-8,11,14-15H2,1-6H3/t17-/m1/s1. The van der Waals surface area contributed by atoms with E-state index in [2.05, 4.69) is 25.8 Å². The summed E-state index contributed by atoms with van der Waals surface area (Å²) in [5.74, 6) is -0.541. The van der Waals surface area contributed by atoms with E-state index in [4.69, 9.17) is 9.47 Å². The SMILES string of the molecule is Cn1c(C(C)(C)C)cc(=NC(=O)c2cc([N+](=O)[O-])ccc2OCC(C)(C)O)n1C[C@H]1CCCO1. The van der Waals surface area contributed by atoms with Crippen molar-refractivity contribution in [2.75, 3.05) is 13.2 Å². The van der Waals surface area contributed by atoms with Gasteiger partial charge in [0.25, 0.3) is 11.6 Å². The third-order valence-corrected chi connectivity index (χ3v) is 5.61. The van der Waals surface area contributed by atoms with E-state index in [9.17, 15) is 20.0 Å². The van der Waals surface area contributed by atoms with Crippen molar-refractivity contribution in [3.05, 3.63) is 51.1 Å². The van der Waals surface area contributed by atoms with E-state index in [1.165, 1.54) is 12.1 Å². The molecule has 0 saturated carbocycles. The Hall–Kier alpha value is -2.98. The summed E-state index contributed by atoms with van der Waals surface area (Å²) in [5.41, 5.74) is -0.211. The topological polar surface area (TPSA) is 121 Å². The third kappa shape index (κ3) is 6.12. The molecule has 0 bridgehead atoms. The minimum Gasteiger partial charge on any atom is -0.490 e. The molecule has 1 N–H and O–H groups in total. The van der Waals surface area contributed by atoms with Crippen LogP contribution in [0.15, 0.2) is 29.3 Å². The second-order valence-corrected chi connectivity index (χ2v) is 10.3. The first kappa shape index (κ1) is 25.6. The number of rotatable bonds is 7. The highest BCUT2D eigenvalue weighted by atomic mass is 16.6. The van der Waals surface area contributed by atoms with Crippen molar-refractivity contribution in [2.24, 2.45) is 12.0 Å². The minimum absolute atomic E-state index is 0.0268. The number of ether oxygens (including phenoxy) is 2. The summed E-state index contributed by atoms with van der Waals surface area (Å²) in [5, 5.41) is 21.3. The van der Waals surface area contributed by atoms with Crippen LogP contribution in [0.1, 0.15) is 63.5 Å². The Kier molecular flexibility index (Phi) is 7.32. The third-order valence-electron chi connectivity index (χ3n) is 5.61. The van der Waals surface area contributed by atoms with Gasteiger partial charge >= 0.3 is 0 Å². The fourth-order valence-electron chi connectivity index (χ4n) is 3.91. The van der Waals surface area contributed by atoms with Gasteiger partial charge in [-0.25, -0.2) is 0 Å². The average molecular weight is 475 g/mol. The van der Waals surface area contributed by atoms with Gasteiger partial charge in [0, 0.05) is 43.0 Å². The van der Waals surface area contributed by atoms with Crippen LogP contribution in [0.5, 0.6) is 5.75 Å². The van der Waals surface area contributed by atoms with E-state index in [0.29, 0.717) is 18.6 Å². The van der Waals surface area contributed by atoms with Crippen molar-refractivity contribution in [3.63, 3.8) is 0 Å². The molecule has 0 radical (unpaired) electrons. The van der Waals surface area contributed by atoms with Crippen LogP contribution in [0.3, 0.4) is 0 Å². The van der Waals surface area contributed by atoms with Crippen LogP contribution in [-0.2, 0) is 23.7 Å². The van der Waals surface area contributed by atoms with Gasteiger partial charge < -0.3 is 14.6 Å². The van der Waals surface area contributed by atoms with Gasteiger partial charge in [-0.05, 0) is 32.8 Å². The molecule has 1 fully saturated rings. The van der Waals surface area contributed by atoms with Crippen molar-refractivity contribution in [2.45, 2.75) is 71.1 Å². The minimum atomic E-state index is -1.15. The predicted molar refractivity (Wildman–Crippen MR) is 126 cm³/mol. The molecule has 0 unspecified atom stereocenters. The van der Waals surface area contributed by atoms with E-state index >= 15 is 0 Å². The van der Waals surface area contributed by atoms with E-state index in [1.54, 1.807) is 13.8 Å². The average Bonchev–Trinajstić information content (AvgIpc) is 3.35. The second kappa shape index (κ2) is 9.71. The molecule has 2 heterocycles. The van der Waals surface area contributed by atoms with Crippen LogP contribution in [0.2, 0.25) is 0 Å². The normalized spacial score (nSPS) is 17.3. The first-order valence-electron chi connectivity index (χ1n) is 11.4. The molecule has 186 valence electrons. The summed E-state index contributed by atoms with van der Waals surface area (Å²) in [6.45, 7) is 10.5. The number of carbonyl (C=O) groups is 1. The fraction of sp³-hybridized carbons (Fsp3) is 0.583. The number of aromatic nitrogens is 2. The molecule has 10 heteroatoms. The van der Waals surface area contributed by atoms with Gasteiger partial charge in [-0.3, -0.25) is 24.3 Å². The highest BCUT2D eigenvalue weighted by Crippen LogP contribution is 2.26. The highest BCUT2D eigenvalue weighted by molar-refractivity contribution is 5.98. The van der Waals surface area contributed by atoms with Crippen molar-refractivity contribution in [1.82, 2.24) is 9.36 Å². The Bertz CT molecular complexity index is 1130.